The van der Waals surface area contributed by atoms with E-state index in [-0.39, 0.29) is 48.3 Å². The van der Waals surface area contributed by atoms with Gasteiger partial charge in [0.05, 0.1) is 37.1 Å². The molecule has 3 amide bonds. The minimum atomic E-state index is -0.760. The van der Waals surface area contributed by atoms with E-state index in [1.807, 2.05) is 39.8 Å². The van der Waals surface area contributed by atoms with Gasteiger partial charge in [-0.05, 0) is 46.0 Å². The summed E-state index contributed by atoms with van der Waals surface area (Å²) in [7, 11) is 1.61. The predicted octanol–water partition coefficient (Wildman–Crippen LogP) is 2.77. The molecule has 4 N–H and O–H groups in total. The monoisotopic (exact) mass is 563 g/mol. The molecule has 0 aliphatic carbocycles. The summed E-state index contributed by atoms with van der Waals surface area (Å²) in [5, 5.41) is 19.6. The van der Waals surface area contributed by atoms with E-state index in [4.69, 9.17) is 18.9 Å². The summed E-state index contributed by atoms with van der Waals surface area (Å²) < 4.78 is 23.2. The highest BCUT2D eigenvalue weighted by Crippen LogP contribution is 2.42. The molecule has 0 aromatic heterocycles. The molecule has 3 saturated heterocycles. The number of allylic oxidation sites excluding steroid dienone is 2. The summed E-state index contributed by atoms with van der Waals surface area (Å²) in [6.07, 6.45) is 10.5. The molecule has 0 saturated carbocycles. The van der Waals surface area contributed by atoms with E-state index in [2.05, 4.69) is 29.0 Å². The molecule has 10 heteroatoms. The molecule has 9 atom stereocenters. The van der Waals surface area contributed by atoms with Gasteiger partial charge in [-0.1, -0.05) is 43.7 Å². The average Bonchev–Trinajstić information content (AvgIpc) is 3.71. The summed E-state index contributed by atoms with van der Waals surface area (Å²) >= 11 is 0. The first-order valence-corrected chi connectivity index (χ1v) is 14.6. The molecule has 3 aliphatic heterocycles. The third kappa shape index (κ3) is 9.41. The summed E-state index contributed by atoms with van der Waals surface area (Å²) in [6.45, 7) is 11.5. The highest BCUT2D eigenvalue weighted by molar-refractivity contribution is 5.87. The largest absolute Gasteiger partial charge is 0.387 e. The molecule has 0 radical (unpaired) electrons. The smallest absolute Gasteiger partial charge is 0.314 e. The summed E-state index contributed by atoms with van der Waals surface area (Å²) in [5.41, 5.74) is 0.444. The van der Waals surface area contributed by atoms with E-state index in [9.17, 15) is 14.7 Å². The van der Waals surface area contributed by atoms with Gasteiger partial charge in [0.15, 0.2) is 0 Å². The molecular formula is C30H49N3O7. The van der Waals surface area contributed by atoms with E-state index in [0.29, 0.717) is 26.1 Å². The first-order chi connectivity index (χ1) is 19.1. The molecule has 3 heterocycles. The number of carbonyl (C=O) groups excluding carboxylic acids is 2. The van der Waals surface area contributed by atoms with Crippen molar-refractivity contribution < 1.29 is 33.6 Å². The maximum atomic E-state index is 12.3. The van der Waals surface area contributed by atoms with Crippen LogP contribution >= 0.6 is 0 Å². The fourth-order valence-corrected chi connectivity index (χ4v) is 5.17. The van der Waals surface area contributed by atoms with Gasteiger partial charge in [0.2, 0.25) is 5.91 Å². The van der Waals surface area contributed by atoms with Crippen LogP contribution in [-0.4, -0.2) is 92.1 Å². The van der Waals surface area contributed by atoms with Crippen LogP contribution in [0, 0.1) is 5.92 Å². The maximum Gasteiger partial charge on any atom is 0.314 e. The van der Waals surface area contributed by atoms with Crippen molar-refractivity contribution in [2.75, 3.05) is 26.8 Å². The zero-order valence-electron chi connectivity index (χ0n) is 24.9. The minimum absolute atomic E-state index is 0.0459. The lowest BCUT2D eigenvalue weighted by atomic mass is 9.87. The number of methoxy groups -OCH3 is 1. The van der Waals surface area contributed by atoms with Crippen molar-refractivity contribution in [3.63, 3.8) is 0 Å². The third-order valence-corrected chi connectivity index (χ3v) is 7.97. The van der Waals surface area contributed by atoms with Crippen LogP contribution in [0.2, 0.25) is 0 Å². The Morgan fingerprint density at radius 1 is 1.20 bits per heavy atom. The standard InChI is InChI=1S/C30H49N3O7/c1-7-14-31-29(36)32-17-23-16-30(18-38-30)28(35)26(40-23)12-9-19(2)8-11-25-20(3)15-24(22(5)39-25)33-27(34)13-10-21(4)37-6/h8-10,12-13,20-26,28,35H,7,11,14-18H2,1-6H3,(H,33,34)(H2,31,32,36)/b12-9+,13-10-,19-8+/t20-,21-,22+,23-,24+,25-,26+,28+,30+/m0/s1. The Morgan fingerprint density at radius 3 is 2.62 bits per heavy atom. The summed E-state index contributed by atoms with van der Waals surface area (Å²) in [5.74, 6) is 0.133. The van der Waals surface area contributed by atoms with Crippen LogP contribution < -0.4 is 16.0 Å². The molecule has 3 rings (SSSR count). The minimum Gasteiger partial charge on any atom is -0.387 e. The molecule has 10 nitrogen and oxygen atoms in total. The number of aliphatic hydroxyl groups is 1. The summed E-state index contributed by atoms with van der Waals surface area (Å²) in [6, 6.07) is -0.266. The van der Waals surface area contributed by atoms with E-state index in [0.717, 1.165) is 24.8 Å². The highest BCUT2D eigenvalue weighted by atomic mass is 16.6. The van der Waals surface area contributed by atoms with Crippen molar-refractivity contribution in [1.29, 1.82) is 0 Å². The molecule has 0 unspecified atom stereocenters. The molecule has 1 spiro atoms. The van der Waals surface area contributed by atoms with Crippen molar-refractivity contribution in [3.05, 3.63) is 36.0 Å². The second-order valence-corrected chi connectivity index (χ2v) is 11.4. The number of carbonyl (C=O) groups is 2. The van der Waals surface area contributed by atoms with Crippen LogP contribution in [0.25, 0.3) is 0 Å². The quantitative estimate of drug-likeness (QED) is 0.163. The maximum absolute atomic E-state index is 12.3. The third-order valence-electron chi connectivity index (χ3n) is 7.97. The lowest BCUT2D eigenvalue weighted by Gasteiger charge is -2.39. The zero-order valence-corrected chi connectivity index (χ0v) is 24.9. The number of amides is 3. The van der Waals surface area contributed by atoms with Gasteiger partial charge >= 0.3 is 6.03 Å². The SMILES string of the molecule is CCCNC(=O)NC[C@@H]1C[C@@]2(CO2)[C@H](O)[C@@H](/C=C/C(C)=C/C[C@@H]2O[C@H](C)[C@H](NC(=O)/C=C\[C@H](C)OC)C[C@@H]2C)O1. The Labute approximate surface area is 238 Å². The van der Waals surface area contributed by atoms with E-state index < -0.39 is 17.8 Å². The van der Waals surface area contributed by atoms with Crippen LogP contribution in [0.15, 0.2) is 36.0 Å². The molecule has 3 aliphatic rings. The number of epoxide rings is 1. The van der Waals surface area contributed by atoms with Crippen LogP contribution in [0.3, 0.4) is 0 Å². The number of hydrogen-bond acceptors (Lipinski definition) is 7. The predicted molar refractivity (Wildman–Crippen MR) is 153 cm³/mol. The second-order valence-electron chi connectivity index (χ2n) is 11.4. The Balaban J connectivity index is 1.49. The van der Waals surface area contributed by atoms with Crippen LogP contribution in [0.5, 0.6) is 0 Å². The van der Waals surface area contributed by atoms with E-state index in [1.165, 1.54) is 6.08 Å². The number of rotatable bonds is 12. The zero-order chi connectivity index (χ0) is 29.3. The molecular weight excluding hydrogens is 514 g/mol. The van der Waals surface area contributed by atoms with E-state index in [1.54, 1.807) is 13.2 Å². The van der Waals surface area contributed by atoms with Crippen molar-refractivity contribution in [2.45, 2.75) is 109 Å². The van der Waals surface area contributed by atoms with Crippen LogP contribution in [0.4, 0.5) is 4.79 Å². The van der Waals surface area contributed by atoms with Gasteiger partial charge in [0, 0.05) is 32.7 Å². The molecule has 3 fully saturated rings. The molecule has 40 heavy (non-hydrogen) atoms. The Kier molecular flexibility index (Phi) is 12.2. The highest BCUT2D eigenvalue weighted by Gasteiger charge is 2.58. The molecule has 0 aromatic rings. The Morgan fingerprint density at radius 2 is 1.95 bits per heavy atom. The van der Waals surface area contributed by atoms with Gasteiger partial charge in [0.25, 0.3) is 0 Å². The van der Waals surface area contributed by atoms with Crippen molar-refractivity contribution in [2.24, 2.45) is 5.92 Å². The average molecular weight is 564 g/mol. The van der Waals surface area contributed by atoms with Crippen LogP contribution in [0.1, 0.15) is 60.3 Å². The lowest BCUT2D eigenvalue weighted by molar-refractivity contribution is -0.130. The number of urea groups is 1. The fraction of sp³-hybridized carbons (Fsp3) is 0.733. The number of hydrogen-bond donors (Lipinski definition) is 4. The topological polar surface area (TPSA) is 131 Å². The lowest BCUT2D eigenvalue weighted by Crippen LogP contribution is -2.53. The molecule has 0 aromatic carbocycles. The number of aliphatic hydroxyl groups excluding tert-OH is 1. The first-order valence-electron chi connectivity index (χ1n) is 14.6. The Hall–Kier alpha value is -2.24. The Bertz CT molecular complexity index is 932. The van der Waals surface area contributed by atoms with Gasteiger partial charge in [-0.15, -0.1) is 0 Å². The van der Waals surface area contributed by atoms with Crippen molar-refractivity contribution in [3.8, 4) is 0 Å². The molecule has 0 bridgehead atoms. The van der Waals surface area contributed by atoms with Crippen molar-refractivity contribution in [1.82, 2.24) is 16.0 Å². The van der Waals surface area contributed by atoms with Gasteiger partial charge < -0.3 is 40.0 Å². The number of ether oxygens (including phenoxy) is 4. The number of nitrogens with one attached hydrogen (secondary N) is 3. The van der Waals surface area contributed by atoms with Gasteiger partial charge in [0.1, 0.15) is 17.8 Å². The van der Waals surface area contributed by atoms with Crippen molar-refractivity contribution >= 4 is 11.9 Å². The van der Waals surface area contributed by atoms with Gasteiger partial charge in [-0.3, -0.25) is 4.79 Å². The molecule has 226 valence electrons. The first kappa shape index (κ1) is 32.3. The second kappa shape index (κ2) is 15.1. The van der Waals surface area contributed by atoms with Gasteiger partial charge in [-0.25, -0.2) is 4.79 Å². The summed E-state index contributed by atoms with van der Waals surface area (Å²) in [4.78, 5) is 24.2. The van der Waals surface area contributed by atoms with Gasteiger partial charge in [-0.2, -0.15) is 0 Å². The fourth-order valence-electron chi connectivity index (χ4n) is 5.17. The van der Waals surface area contributed by atoms with Crippen LogP contribution in [-0.2, 0) is 23.7 Å². The normalized spacial score (nSPS) is 35.2. The van der Waals surface area contributed by atoms with E-state index >= 15 is 0 Å².